The Morgan fingerprint density at radius 3 is 2.48 bits per heavy atom. The lowest BCUT2D eigenvalue weighted by atomic mass is 10.1. The number of H-pyrrole nitrogens is 1. The molecule has 0 spiro atoms. The Kier molecular flexibility index (Phi) is 3.61. The summed E-state index contributed by atoms with van der Waals surface area (Å²) in [6, 6.07) is 26.0. The van der Waals surface area contributed by atoms with E-state index < -0.39 is 0 Å². The smallest absolute Gasteiger partial charge is 0.275 e. The predicted molar refractivity (Wildman–Crippen MR) is 109 cm³/mol. The molecule has 0 bridgehead atoms. The Morgan fingerprint density at radius 1 is 0.852 bits per heavy atom. The second kappa shape index (κ2) is 6.25. The van der Waals surface area contributed by atoms with Crippen molar-refractivity contribution in [3.63, 3.8) is 0 Å². The Morgan fingerprint density at radius 2 is 1.59 bits per heavy atom. The first-order chi connectivity index (χ1) is 13.3. The van der Waals surface area contributed by atoms with Gasteiger partial charge < -0.3 is 9.55 Å². The van der Waals surface area contributed by atoms with Gasteiger partial charge in [0.2, 0.25) is 0 Å². The van der Waals surface area contributed by atoms with Gasteiger partial charge in [-0.3, -0.25) is 4.79 Å². The number of nitrogens with one attached hydrogen (secondary N) is 1. The summed E-state index contributed by atoms with van der Waals surface area (Å²) in [4.78, 5) is 20.3. The molecule has 0 radical (unpaired) electrons. The van der Waals surface area contributed by atoms with E-state index in [1.54, 1.807) is 0 Å². The summed E-state index contributed by atoms with van der Waals surface area (Å²) < 4.78 is 2.18. The molecule has 0 fully saturated rings. The predicted octanol–water partition coefficient (Wildman–Crippen LogP) is 4.59. The summed E-state index contributed by atoms with van der Waals surface area (Å²) in [5, 5.41) is 1.03. The van der Waals surface area contributed by atoms with Gasteiger partial charge in [-0.05, 0) is 23.8 Å². The zero-order chi connectivity index (χ0) is 18.2. The molecule has 0 amide bonds. The van der Waals surface area contributed by atoms with Crippen LogP contribution in [0.15, 0.2) is 89.9 Å². The lowest BCUT2D eigenvalue weighted by molar-refractivity contribution is 0.837. The normalized spacial score (nSPS) is 11.3. The summed E-state index contributed by atoms with van der Waals surface area (Å²) in [5.41, 5.74) is 4.98. The molecule has 0 unspecified atom stereocenters. The minimum atomic E-state index is -0.170. The van der Waals surface area contributed by atoms with Crippen molar-refractivity contribution in [2.45, 2.75) is 6.54 Å². The first-order valence-electron chi connectivity index (χ1n) is 8.91. The molecular weight excluding hydrogens is 334 g/mol. The van der Waals surface area contributed by atoms with E-state index in [0.29, 0.717) is 5.69 Å². The van der Waals surface area contributed by atoms with Crippen molar-refractivity contribution in [1.82, 2.24) is 14.5 Å². The maximum absolute atomic E-state index is 12.7. The molecule has 4 heteroatoms. The molecule has 0 saturated heterocycles. The number of aromatic amines is 1. The van der Waals surface area contributed by atoms with Gasteiger partial charge in [0.05, 0.1) is 11.0 Å². The molecule has 0 aliphatic carbocycles. The Bertz CT molecular complexity index is 1320. The highest BCUT2D eigenvalue weighted by atomic mass is 16.1. The standard InChI is InChI=1S/C23H17N3O/c27-23-22(24-19-11-5-6-12-20(19)25-23)18-15-26(14-16-8-2-1-3-9-16)21-13-7-4-10-17(18)21/h1-13,15H,14H2,(H,25,27). The van der Waals surface area contributed by atoms with Crippen LogP contribution in [0.5, 0.6) is 0 Å². The number of hydrogen-bond acceptors (Lipinski definition) is 2. The number of fused-ring (bicyclic) bond motifs is 2. The third-order valence-corrected chi connectivity index (χ3v) is 4.84. The summed E-state index contributed by atoms with van der Waals surface area (Å²) in [6.07, 6.45) is 2.03. The highest BCUT2D eigenvalue weighted by Crippen LogP contribution is 2.29. The van der Waals surface area contributed by atoms with Gasteiger partial charge in [0.1, 0.15) is 5.69 Å². The Hall–Kier alpha value is -3.66. The molecule has 1 N–H and O–H groups in total. The summed E-state index contributed by atoms with van der Waals surface area (Å²) >= 11 is 0. The van der Waals surface area contributed by atoms with Crippen LogP contribution >= 0.6 is 0 Å². The maximum atomic E-state index is 12.7. The van der Waals surface area contributed by atoms with Crippen LogP contribution < -0.4 is 5.56 Å². The quantitative estimate of drug-likeness (QED) is 0.517. The fourth-order valence-corrected chi connectivity index (χ4v) is 3.56. The minimum absolute atomic E-state index is 0.170. The molecule has 5 rings (SSSR count). The first kappa shape index (κ1) is 15.6. The SMILES string of the molecule is O=c1[nH]c2ccccc2nc1-c1cn(Cc2ccccc2)c2ccccc12. The largest absolute Gasteiger partial charge is 0.342 e. The number of benzene rings is 3. The van der Waals surface area contributed by atoms with Gasteiger partial charge >= 0.3 is 0 Å². The van der Waals surface area contributed by atoms with Crippen molar-refractivity contribution in [1.29, 1.82) is 0 Å². The highest BCUT2D eigenvalue weighted by Gasteiger charge is 2.15. The van der Waals surface area contributed by atoms with E-state index in [0.717, 1.165) is 34.0 Å². The number of aromatic nitrogens is 3. The number of hydrogen-bond donors (Lipinski definition) is 1. The Balaban J connectivity index is 1.72. The van der Waals surface area contributed by atoms with Gasteiger partial charge in [0, 0.05) is 29.2 Å². The highest BCUT2D eigenvalue weighted by molar-refractivity contribution is 5.95. The van der Waals surface area contributed by atoms with Crippen molar-refractivity contribution in [2.24, 2.45) is 0 Å². The minimum Gasteiger partial charge on any atom is -0.342 e. The lowest BCUT2D eigenvalue weighted by Gasteiger charge is -2.05. The summed E-state index contributed by atoms with van der Waals surface area (Å²) in [7, 11) is 0. The first-order valence-corrected chi connectivity index (χ1v) is 8.91. The van der Waals surface area contributed by atoms with Crippen molar-refractivity contribution in [3.05, 3.63) is 101 Å². The van der Waals surface area contributed by atoms with Crippen LogP contribution in [0.2, 0.25) is 0 Å². The van der Waals surface area contributed by atoms with Crippen LogP contribution in [-0.4, -0.2) is 14.5 Å². The molecule has 130 valence electrons. The van der Waals surface area contributed by atoms with Gasteiger partial charge in [-0.2, -0.15) is 0 Å². The van der Waals surface area contributed by atoms with Crippen LogP contribution in [0.3, 0.4) is 0 Å². The molecule has 5 aromatic rings. The summed E-state index contributed by atoms with van der Waals surface area (Å²) in [6.45, 7) is 0.743. The van der Waals surface area contributed by atoms with Crippen LogP contribution in [-0.2, 0) is 6.54 Å². The second-order valence-corrected chi connectivity index (χ2v) is 6.61. The van der Waals surface area contributed by atoms with Crippen molar-refractivity contribution in [2.75, 3.05) is 0 Å². The van der Waals surface area contributed by atoms with Crippen molar-refractivity contribution in [3.8, 4) is 11.3 Å². The third kappa shape index (κ3) is 2.72. The van der Waals surface area contributed by atoms with Gasteiger partial charge in [-0.25, -0.2) is 4.98 Å². The molecule has 0 aliphatic rings. The van der Waals surface area contributed by atoms with E-state index in [2.05, 4.69) is 32.7 Å². The molecule has 2 aromatic heterocycles. The molecule has 27 heavy (non-hydrogen) atoms. The van der Waals surface area contributed by atoms with E-state index in [4.69, 9.17) is 0 Å². The van der Waals surface area contributed by atoms with Gasteiger partial charge in [0.25, 0.3) is 5.56 Å². The molecule has 0 aliphatic heterocycles. The maximum Gasteiger partial charge on any atom is 0.275 e. The van der Waals surface area contributed by atoms with Crippen molar-refractivity contribution < 1.29 is 0 Å². The molecule has 4 nitrogen and oxygen atoms in total. The van der Waals surface area contributed by atoms with Crippen LogP contribution in [0.25, 0.3) is 33.2 Å². The topological polar surface area (TPSA) is 50.7 Å². The second-order valence-electron chi connectivity index (χ2n) is 6.61. The molecule has 3 aromatic carbocycles. The molecule has 2 heterocycles. The summed E-state index contributed by atoms with van der Waals surface area (Å²) in [5.74, 6) is 0. The zero-order valence-corrected chi connectivity index (χ0v) is 14.6. The van der Waals surface area contributed by atoms with Crippen molar-refractivity contribution >= 4 is 21.9 Å². The molecule has 0 saturated carbocycles. The number of nitrogens with zero attached hydrogens (tertiary/aromatic N) is 2. The molecule has 0 atom stereocenters. The van der Waals surface area contributed by atoms with Crippen LogP contribution in [0.4, 0.5) is 0 Å². The average molecular weight is 351 g/mol. The Labute approximate surface area is 155 Å². The van der Waals surface area contributed by atoms with Crippen LogP contribution in [0, 0.1) is 0 Å². The third-order valence-electron chi connectivity index (χ3n) is 4.84. The lowest BCUT2D eigenvalue weighted by Crippen LogP contribution is -2.11. The van der Waals surface area contributed by atoms with E-state index in [9.17, 15) is 4.79 Å². The fraction of sp³-hybridized carbons (Fsp3) is 0.0435. The molecular formula is C23H17N3O. The van der Waals surface area contributed by atoms with E-state index in [-0.39, 0.29) is 5.56 Å². The zero-order valence-electron chi connectivity index (χ0n) is 14.6. The number of para-hydroxylation sites is 3. The monoisotopic (exact) mass is 351 g/mol. The van der Waals surface area contributed by atoms with Gasteiger partial charge in [-0.15, -0.1) is 0 Å². The van der Waals surface area contributed by atoms with Crippen LogP contribution in [0.1, 0.15) is 5.56 Å². The van der Waals surface area contributed by atoms with Gasteiger partial charge in [0.15, 0.2) is 0 Å². The van der Waals surface area contributed by atoms with E-state index in [1.165, 1.54) is 5.56 Å². The average Bonchev–Trinajstić information content (AvgIpc) is 3.07. The number of rotatable bonds is 3. The fourth-order valence-electron chi connectivity index (χ4n) is 3.56. The van der Waals surface area contributed by atoms with Gasteiger partial charge in [-0.1, -0.05) is 60.7 Å². The van der Waals surface area contributed by atoms with E-state index >= 15 is 0 Å². The van der Waals surface area contributed by atoms with E-state index in [1.807, 2.05) is 66.9 Å².